The average molecular weight is 387 g/mol. The fourth-order valence-electron chi connectivity index (χ4n) is 2.82. The number of rotatable bonds is 7. The highest BCUT2D eigenvalue weighted by atomic mass is 79.9. The van der Waals surface area contributed by atoms with E-state index in [1.807, 2.05) is 11.9 Å². The fraction of sp³-hybridized carbons (Fsp3) is 0.588. The Morgan fingerprint density at radius 3 is 2.83 bits per heavy atom. The van der Waals surface area contributed by atoms with Gasteiger partial charge in [0.05, 0.1) is 13.0 Å². The summed E-state index contributed by atoms with van der Waals surface area (Å²) >= 11 is 3.20. The molecular formula is C17H24BrFN2O2. The molecule has 0 spiro atoms. The molecule has 0 saturated carbocycles. The highest BCUT2D eigenvalue weighted by Crippen LogP contribution is 2.22. The summed E-state index contributed by atoms with van der Waals surface area (Å²) in [7, 11) is 1.97. The molecule has 2 rings (SSSR count). The number of halogens is 2. The Morgan fingerprint density at radius 1 is 1.43 bits per heavy atom. The maximum Gasteiger partial charge on any atom is 0.225 e. The Kier molecular flexibility index (Phi) is 7.30. The second-order valence-corrected chi connectivity index (χ2v) is 6.81. The van der Waals surface area contributed by atoms with Gasteiger partial charge in [-0.15, -0.1) is 0 Å². The van der Waals surface area contributed by atoms with Crippen LogP contribution in [0, 0.1) is 11.7 Å². The van der Waals surface area contributed by atoms with E-state index in [2.05, 4.69) is 21.2 Å². The molecule has 4 nitrogen and oxygen atoms in total. The van der Waals surface area contributed by atoms with E-state index >= 15 is 0 Å². The Morgan fingerprint density at radius 2 is 2.17 bits per heavy atom. The fourth-order valence-corrected chi connectivity index (χ4v) is 3.15. The van der Waals surface area contributed by atoms with E-state index in [1.54, 1.807) is 12.1 Å². The number of nitrogens with zero attached hydrogens (tertiary/aromatic N) is 1. The summed E-state index contributed by atoms with van der Waals surface area (Å²) in [5.41, 5.74) is 0. The van der Waals surface area contributed by atoms with Crippen molar-refractivity contribution in [3.63, 3.8) is 0 Å². The molecule has 0 aromatic heterocycles. The van der Waals surface area contributed by atoms with Crippen LogP contribution >= 0.6 is 15.9 Å². The third-order valence-electron chi connectivity index (χ3n) is 4.24. The zero-order valence-corrected chi connectivity index (χ0v) is 15.1. The molecule has 6 heteroatoms. The van der Waals surface area contributed by atoms with E-state index in [1.165, 1.54) is 12.5 Å². The summed E-state index contributed by atoms with van der Waals surface area (Å²) in [6.45, 7) is 2.88. The largest absolute Gasteiger partial charge is 0.490 e. The molecule has 1 N–H and O–H groups in total. The Balaban J connectivity index is 1.69. The first-order chi connectivity index (χ1) is 11.1. The lowest BCUT2D eigenvalue weighted by Crippen LogP contribution is -2.39. The third-order valence-corrected chi connectivity index (χ3v) is 4.73. The SMILES string of the molecule is CNCCC1CCN(C(=O)CCOc2ccc(Br)cc2F)CC1. The molecule has 1 aliphatic heterocycles. The lowest BCUT2D eigenvalue weighted by atomic mass is 9.93. The minimum Gasteiger partial charge on any atom is -0.490 e. The van der Waals surface area contributed by atoms with Crippen LogP contribution in [-0.4, -0.2) is 44.1 Å². The Bertz CT molecular complexity index is 519. The lowest BCUT2D eigenvalue weighted by Gasteiger charge is -2.32. The minimum absolute atomic E-state index is 0.0922. The molecule has 1 fully saturated rings. The highest BCUT2D eigenvalue weighted by Gasteiger charge is 2.22. The standard InChI is InChI=1S/C17H24BrFN2O2/c1-20-8-4-13-5-9-21(10-6-13)17(22)7-11-23-16-3-2-14(18)12-15(16)19/h2-3,12-13,20H,4-11H2,1H3. The maximum absolute atomic E-state index is 13.6. The molecule has 0 radical (unpaired) electrons. The van der Waals surface area contributed by atoms with Gasteiger partial charge in [-0.05, 0) is 57.0 Å². The van der Waals surface area contributed by atoms with Gasteiger partial charge in [-0.3, -0.25) is 4.79 Å². The van der Waals surface area contributed by atoms with Gasteiger partial charge in [0.25, 0.3) is 0 Å². The predicted molar refractivity (Wildman–Crippen MR) is 92.1 cm³/mol. The van der Waals surface area contributed by atoms with Gasteiger partial charge in [-0.25, -0.2) is 4.39 Å². The number of amides is 1. The van der Waals surface area contributed by atoms with Crippen molar-refractivity contribution in [2.24, 2.45) is 5.92 Å². The summed E-state index contributed by atoms with van der Waals surface area (Å²) in [5.74, 6) is 0.568. The number of ether oxygens (including phenoxy) is 1. The molecule has 128 valence electrons. The summed E-state index contributed by atoms with van der Waals surface area (Å²) < 4.78 is 19.7. The molecule has 1 saturated heterocycles. The van der Waals surface area contributed by atoms with Gasteiger partial charge in [0.15, 0.2) is 11.6 Å². The van der Waals surface area contributed by atoms with Crippen molar-refractivity contribution in [2.45, 2.75) is 25.7 Å². The van der Waals surface area contributed by atoms with Crippen LogP contribution in [0.25, 0.3) is 0 Å². The molecule has 1 heterocycles. The zero-order valence-electron chi connectivity index (χ0n) is 13.5. The molecule has 23 heavy (non-hydrogen) atoms. The molecule has 1 amide bonds. The third kappa shape index (κ3) is 5.77. The number of benzene rings is 1. The predicted octanol–water partition coefficient (Wildman–Crippen LogP) is 3.21. The van der Waals surface area contributed by atoms with Crippen molar-refractivity contribution < 1.29 is 13.9 Å². The molecule has 0 unspecified atom stereocenters. The molecule has 1 aromatic carbocycles. The second-order valence-electron chi connectivity index (χ2n) is 5.89. The van der Waals surface area contributed by atoms with Crippen molar-refractivity contribution in [3.8, 4) is 5.75 Å². The van der Waals surface area contributed by atoms with Gasteiger partial charge in [0.2, 0.25) is 5.91 Å². The first-order valence-electron chi connectivity index (χ1n) is 8.10. The molecule has 1 aliphatic rings. The van der Waals surface area contributed by atoms with E-state index in [0.717, 1.165) is 32.5 Å². The Labute approximate surface area is 145 Å². The van der Waals surface area contributed by atoms with Gasteiger partial charge in [0.1, 0.15) is 0 Å². The minimum atomic E-state index is -0.419. The van der Waals surface area contributed by atoms with Crippen molar-refractivity contribution >= 4 is 21.8 Å². The number of carbonyl (C=O) groups is 1. The van der Waals surface area contributed by atoms with Crippen LogP contribution in [-0.2, 0) is 4.79 Å². The van der Waals surface area contributed by atoms with Crippen molar-refractivity contribution in [1.29, 1.82) is 0 Å². The molecule has 0 atom stereocenters. The molecule has 0 aliphatic carbocycles. The van der Waals surface area contributed by atoms with Crippen LogP contribution < -0.4 is 10.1 Å². The van der Waals surface area contributed by atoms with Crippen LogP contribution in [0.3, 0.4) is 0 Å². The van der Waals surface area contributed by atoms with Crippen LogP contribution in [0.4, 0.5) is 4.39 Å². The summed E-state index contributed by atoms with van der Waals surface area (Å²) in [5, 5.41) is 3.17. The zero-order chi connectivity index (χ0) is 16.7. The van der Waals surface area contributed by atoms with Crippen molar-refractivity contribution in [3.05, 3.63) is 28.5 Å². The van der Waals surface area contributed by atoms with Crippen LogP contribution in [0.1, 0.15) is 25.7 Å². The topological polar surface area (TPSA) is 41.6 Å². The van der Waals surface area contributed by atoms with Crippen LogP contribution in [0.15, 0.2) is 22.7 Å². The number of piperidine rings is 1. The van der Waals surface area contributed by atoms with E-state index in [9.17, 15) is 9.18 Å². The number of carbonyl (C=O) groups excluding carboxylic acids is 1. The van der Waals surface area contributed by atoms with Gasteiger partial charge in [0, 0.05) is 17.6 Å². The van der Waals surface area contributed by atoms with Gasteiger partial charge < -0.3 is 15.0 Å². The van der Waals surface area contributed by atoms with Crippen molar-refractivity contribution in [1.82, 2.24) is 10.2 Å². The van der Waals surface area contributed by atoms with E-state index < -0.39 is 5.82 Å². The van der Waals surface area contributed by atoms with Crippen LogP contribution in [0.2, 0.25) is 0 Å². The smallest absolute Gasteiger partial charge is 0.225 e. The molecule has 1 aromatic rings. The monoisotopic (exact) mass is 386 g/mol. The molecular weight excluding hydrogens is 363 g/mol. The lowest BCUT2D eigenvalue weighted by molar-refractivity contribution is -0.133. The van der Waals surface area contributed by atoms with E-state index in [0.29, 0.717) is 10.4 Å². The second kappa shape index (κ2) is 9.23. The maximum atomic E-state index is 13.6. The summed E-state index contributed by atoms with van der Waals surface area (Å²) in [6, 6.07) is 4.64. The first-order valence-corrected chi connectivity index (χ1v) is 8.89. The normalized spacial score (nSPS) is 15.7. The van der Waals surface area contributed by atoms with Gasteiger partial charge in [-0.1, -0.05) is 15.9 Å². The van der Waals surface area contributed by atoms with Crippen LogP contribution in [0.5, 0.6) is 5.75 Å². The van der Waals surface area contributed by atoms with E-state index in [-0.39, 0.29) is 24.7 Å². The first kappa shape index (κ1) is 18.2. The van der Waals surface area contributed by atoms with Gasteiger partial charge >= 0.3 is 0 Å². The Hall–Kier alpha value is -1.14. The highest BCUT2D eigenvalue weighted by molar-refractivity contribution is 9.10. The number of hydrogen-bond donors (Lipinski definition) is 1. The van der Waals surface area contributed by atoms with E-state index in [4.69, 9.17) is 4.74 Å². The number of hydrogen-bond acceptors (Lipinski definition) is 3. The quantitative estimate of drug-likeness (QED) is 0.781. The molecule has 0 bridgehead atoms. The average Bonchev–Trinajstić information content (AvgIpc) is 2.55. The summed E-state index contributed by atoms with van der Waals surface area (Å²) in [4.78, 5) is 14.1. The van der Waals surface area contributed by atoms with Crippen molar-refractivity contribution in [2.75, 3.05) is 33.3 Å². The number of nitrogens with one attached hydrogen (secondary N) is 1. The summed E-state index contributed by atoms with van der Waals surface area (Å²) in [6.07, 6.45) is 3.59. The van der Waals surface area contributed by atoms with Gasteiger partial charge in [-0.2, -0.15) is 0 Å². The number of likely N-dealkylation sites (tertiary alicyclic amines) is 1.